The fourth-order valence-corrected chi connectivity index (χ4v) is 4.68. The summed E-state index contributed by atoms with van der Waals surface area (Å²) in [6, 6.07) is 8.33. The number of hydrogen-bond donors (Lipinski definition) is 1. The number of hydrogen-bond acceptors (Lipinski definition) is 7. The van der Waals surface area contributed by atoms with Gasteiger partial charge in [0.2, 0.25) is 0 Å². The lowest BCUT2D eigenvalue weighted by Crippen LogP contribution is -2.32. The highest BCUT2D eigenvalue weighted by atomic mass is 32.1. The number of para-hydroxylation sites is 1. The predicted molar refractivity (Wildman–Crippen MR) is 108 cm³/mol. The van der Waals surface area contributed by atoms with Crippen LogP contribution < -0.4 is 10.2 Å². The van der Waals surface area contributed by atoms with E-state index in [4.69, 9.17) is 4.74 Å². The zero-order valence-electron chi connectivity index (χ0n) is 15.4. The summed E-state index contributed by atoms with van der Waals surface area (Å²) < 4.78 is 5.38. The first-order chi connectivity index (χ1) is 13.8. The first kappa shape index (κ1) is 17.5. The van der Waals surface area contributed by atoms with Crippen LogP contribution in [0.4, 0.5) is 11.5 Å². The zero-order chi connectivity index (χ0) is 18.9. The van der Waals surface area contributed by atoms with Crippen molar-refractivity contribution >= 4 is 39.1 Å². The molecule has 0 aliphatic carbocycles. The van der Waals surface area contributed by atoms with Gasteiger partial charge in [0.1, 0.15) is 16.7 Å². The molecule has 28 heavy (non-hydrogen) atoms. The number of benzene rings is 1. The Balaban J connectivity index is 1.39. The normalized spacial score (nSPS) is 17.1. The molecule has 8 heteroatoms. The van der Waals surface area contributed by atoms with Crippen molar-refractivity contribution in [2.24, 2.45) is 5.92 Å². The van der Waals surface area contributed by atoms with Crippen LogP contribution in [-0.2, 0) is 11.2 Å². The average molecular weight is 395 g/mol. The number of aromatic nitrogens is 3. The highest BCUT2D eigenvalue weighted by molar-refractivity contribution is 7.19. The summed E-state index contributed by atoms with van der Waals surface area (Å²) in [6.07, 6.45) is 4.51. The van der Waals surface area contributed by atoms with Crippen LogP contribution >= 0.6 is 11.3 Å². The van der Waals surface area contributed by atoms with E-state index >= 15 is 0 Å². The fourth-order valence-electron chi connectivity index (χ4n) is 3.86. The van der Waals surface area contributed by atoms with Crippen LogP contribution in [0.15, 0.2) is 30.6 Å². The van der Waals surface area contributed by atoms with Crippen molar-refractivity contribution in [3.8, 4) is 0 Å². The van der Waals surface area contributed by atoms with Gasteiger partial charge in [-0.25, -0.2) is 15.0 Å². The van der Waals surface area contributed by atoms with Crippen LogP contribution in [0.2, 0.25) is 0 Å². The number of amides is 1. The van der Waals surface area contributed by atoms with Gasteiger partial charge in [0.15, 0.2) is 10.8 Å². The Labute approximate surface area is 166 Å². The molecule has 2 aliphatic rings. The molecule has 7 nitrogen and oxygen atoms in total. The monoisotopic (exact) mass is 395 g/mol. The molecule has 0 spiro atoms. The van der Waals surface area contributed by atoms with Crippen molar-refractivity contribution in [1.29, 1.82) is 0 Å². The number of carbonyl (C=O) groups is 1. The Morgan fingerprint density at radius 2 is 2.11 bits per heavy atom. The van der Waals surface area contributed by atoms with Crippen LogP contribution in [0, 0.1) is 5.92 Å². The molecule has 0 saturated carbocycles. The Morgan fingerprint density at radius 3 is 3.00 bits per heavy atom. The molecular weight excluding hydrogens is 374 g/mol. The van der Waals surface area contributed by atoms with Crippen LogP contribution in [0.1, 0.15) is 28.2 Å². The van der Waals surface area contributed by atoms with Gasteiger partial charge < -0.3 is 15.0 Å². The van der Waals surface area contributed by atoms with Gasteiger partial charge in [-0.15, -0.1) is 0 Å². The van der Waals surface area contributed by atoms with E-state index in [-0.39, 0.29) is 5.91 Å². The lowest BCUT2D eigenvalue weighted by Gasteiger charge is -2.21. The van der Waals surface area contributed by atoms with Gasteiger partial charge in [-0.05, 0) is 36.8 Å². The minimum atomic E-state index is -0.137. The number of fused-ring (bicyclic) bond motifs is 2. The van der Waals surface area contributed by atoms with E-state index in [9.17, 15) is 4.79 Å². The van der Waals surface area contributed by atoms with Gasteiger partial charge in [0.25, 0.3) is 5.91 Å². The van der Waals surface area contributed by atoms with Gasteiger partial charge in [-0.3, -0.25) is 4.79 Å². The predicted octanol–water partition coefficient (Wildman–Crippen LogP) is 2.94. The van der Waals surface area contributed by atoms with Crippen molar-refractivity contribution in [2.75, 3.05) is 31.2 Å². The van der Waals surface area contributed by atoms with E-state index in [0.29, 0.717) is 23.0 Å². The van der Waals surface area contributed by atoms with E-state index in [0.717, 1.165) is 55.4 Å². The lowest BCUT2D eigenvalue weighted by molar-refractivity contribution is 0.0642. The second-order valence-electron chi connectivity index (χ2n) is 7.17. The smallest absolute Gasteiger partial charge is 0.280 e. The maximum atomic E-state index is 12.6. The maximum Gasteiger partial charge on any atom is 0.280 e. The number of carbonyl (C=O) groups excluding carboxylic acids is 1. The minimum Gasteiger partial charge on any atom is -0.381 e. The molecule has 1 aromatic carbocycles. The van der Waals surface area contributed by atoms with Gasteiger partial charge in [-0.2, -0.15) is 0 Å². The minimum absolute atomic E-state index is 0.137. The molecule has 0 unspecified atom stereocenters. The number of ether oxygens (including phenoxy) is 1. The van der Waals surface area contributed by atoms with Crippen molar-refractivity contribution in [3.05, 3.63) is 41.2 Å². The standard InChI is InChI=1S/C20H21N5O2S/c26-18(21-11-13-6-9-27-10-7-13)20-24-16-17(22-12-23-19(16)28-20)25-8-5-14-3-1-2-4-15(14)25/h1-4,12-13H,5-11H2,(H,21,26). The molecule has 1 fully saturated rings. The third kappa shape index (κ3) is 3.22. The van der Waals surface area contributed by atoms with Crippen LogP contribution in [-0.4, -0.2) is 47.2 Å². The van der Waals surface area contributed by atoms with Crippen LogP contribution in [0.3, 0.4) is 0 Å². The molecule has 2 aromatic heterocycles. The topological polar surface area (TPSA) is 80.2 Å². The third-order valence-electron chi connectivity index (χ3n) is 5.41. The Morgan fingerprint density at radius 1 is 1.25 bits per heavy atom. The highest BCUT2D eigenvalue weighted by Crippen LogP contribution is 2.37. The molecule has 0 atom stereocenters. The van der Waals surface area contributed by atoms with Gasteiger partial charge in [0.05, 0.1) is 0 Å². The number of nitrogens with one attached hydrogen (secondary N) is 1. The maximum absolute atomic E-state index is 12.6. The van der Waals surface area contributed by atoms with E-state index in [1.165, 1.54) is 16.9 Å². The second-order valence-corrected chi connectivity index (χ2v) is 8.14. The summed E-state index contributed by atoms with van der Waals surface area (Å²) in [5, 5.41) is 3.47. The first-order valence-corrected chi connectivity index (χ1v) is 10.4. The molecule has 3 aromatic rings. The van der Waals surface area contributed by atoms with Crippen LogP contribution in [0.25, 0.3) is 10.3 Å². The van der Waals surface area contributed by atoms with Gasteiger partial charge >= 0.3 is 0 Å². The fraction of sp³-hybridized carbons (Fsp3) is 0.400. The summed E-state index contributed by atoms with van der Waals surface area (Å²) in [5.41, 5.74) is 3.15. The number of thiazole rings is 1. The SMILES string of the molecule is O=C(NCC1CCOCC1)c1nc2c(N3CCc4ccccc43)ncnc2s1. The number of nitrogens with zero attached hydrogens (tertiary/aromatic N) is 4. The molecule has 1 N–H and O–H groups in total. The Hall–Kier alpha value is -2.58. The summed E-state index contributed by atoms with van der Waals surface area (Å²) >= 11 is 1.32. The van der Waals surface area contributed by atoms with E-state index in [2.05, 4.69) is 43.4 Å². The molecule has 1 amide bonds. The molecule has 2 aliphatic heterocycles. The van der Waals surface area contributed by atoms with Crippen molar-refractivity contribution < 1.29 is 9.53 Å². The number of rotatable bonds is 4. The molecule has 4 heterocycles. The molecular formula is C20H21N5O2S. The summed E-state index contributed by atoms with van der Waals surface area (Å²) in [5.74, 6) is 1.11. The van der Waals surface area contributed by atoms with Crippen molar-refractivity contribution in [2.45, 2.75) is 19.3 Å². The average Bonchev–Trinajstić information content (AvgIpc) is 3.37. The van der Waals surface area contributed by atoms with Gasteiger partial charge in [-0.1, -0.05) is 29.5 Å². The largest absolute Gasteiger partial charge is 0.381 e. The highest BCUT2D eigenvalue weighted by Gasteiger charge is 2.25. The second kappa shape index (κ2) is 7.44. The molecule has 0 bridgehead atoms. The van der Waals surface area contributed by atoms with Crippen molar-refractivity contribution in [1.82, 2.24) is 20.3 Å². The third-order valence-corrected chi connectivity index (χ3v) is 6.37. The molecule has 5 rings (SSSR count). The van der Waals surface area contributed by atoms with E-state index < -0.39 is 0 Å². The molecule has 1 saturated heterocycles. The zero-order valence-corrected chi connectivity index (χ0v) is 16.2. The first-order valence-electron chi connectivity index (χ1n) is 9.62. The van der Waals surface area contributed by atoms with E-state index in [1.54, 1.807) is 6.33 Å². The van der Waals surface area contributed by atoms with Crippen LogP contribution in [0.5, 0.6) is 0 Å². The molecule has 0 radical (unpaired) electrons. The molecule has 144 valence electrons. The van der Waals surface area contributed by atoms with Gasteiger partial charge in [0, 0.05) is 32.0 Å². The van der Waals surface area contributed by atoms with Crippen molar-refractivity contribution in [3.63, 3.8) is 0 Å². The summed E-state index contributed by atoms with van der Waals surface area (Å²) in [7, 11) is 0. The summed E-state index contributed by atoms with van der Waals surface area (Å²) in [4.78, 5) is 29.0. The Kier molecular flexibility index (Phi) is 4.66. The quantitative estimate of drug-likeness (QED) is 0.732. The Bertz CT molecular complexity index is 1010. The van der Waals surface area contributed by atoms with E-state index in [1.807, 2.05) is 6.07 Å². The summed E-state index contributed by atoms with van der Waals surface area (Å²) in [6.45, 7) is 3.07. The lowest BCUT2D eigenvalue weighted by atomic mass is 10.0. The number of anilines is 2.